The lowest BCUT2D eigenvalue weighted by atomic mass is 9.99. The lowest BCUT2D eigenvalue weighted by Crippen LogP contribution is -2.61. The van der Waals surface area contributed by atoms with Crippen LogP contribution in [0.4, 0.5) is 0 Å². The first-order valence-electron chi connectivity index (χ1n) is 9.30. The summed E-state index contributed by atoms with van der Waals surface area (Å²) in [7, 11) is 1.39. The number of fused-ring (bicyclic) bond motifs is 1. The minimum Gasteiger partial charge on any atom is -0.493 e. The molecule has 5 atom stereocenters. The maximum absolute atomic E-state index is 11.5. The molecule has 11 heteroatoms. The Kier molecular flexibility index (Phi) is 6.78. The van der Waals surface area contributed by atoms with Crippen molar-refractivity contribution >= 4 is 22.9 Å². The molecule has 3 rings (SSSR count). The van der Waals surface area contributed by atoms with Crippen molar-refractivity contribution in [3.63, 3.8) is 0 Å². The predicted octanol–water partition coefficient (Wildman–Crippen LogP) is 0.122. The Labute approximate surface area is 176 Å². The molecule has 0 amide bonds. The number of rotatable bonds is 6. The normalized spacial score (nSPS) is 25.6. The van der Waals surface area contributed by atoms with Gasteiger partial charge in [0.15, 0.2) is 23.7 Å². The first-order valence-corrected chi connectivity index (χ1v) is 9.30. The largest absolute Gasteiger partial charge is 0.493 e. The molecule has 1 aromatic heterocycles. The van der Waals surface area contributed by atoms with Crippen LogP contribution in [-0.4, -0.2) is 66.6 Å². The summed E-state index contributed by atoms with van der Waals surface area (Å²) in [5.41, 5.74) is -0.376. The van der Waals surface area contributed by atoms with Gasteiger partial charge in [0.1, 0.15) is 24.4 Å². The molecule has 168 valence electrons. The Morgan fingerprint density at radius 1 is 1.06 bits per heavy atom. The fraction of sp³-hybridized carbons (Fsp3) is 0.450. The molecule has 2 aromatic rings. The second kappa shape index (κ2) is 9.33. The van der Waals surface area contributed by atoms with Crippen LogP contribution < -0.4 is 15.1 Å². The van der Waals surface area contributed by atoms with Crippen molar-refractivity contribution in [3.8, 4) is 11.5 Å². The molecule has 0 bridgehead atoms. The standard InChI is InChI=1S/C20H22O11/c1-9(21)27-8-15-17(24)19(28-10(2)22)18(25)20(31-15)30-14-7-12-11(6-13(14)26-3)4-5-16(23)29-12/h4-7,15,17-20,24-25H,8H2,1-3H3/t15-,17-,18-,19+,20-/m1/s1. The Bertz CT molecular complexity index is 1010. The molecule has 1 aromatic carbocycles. The summed E-state index contributed by atoms with van der Waals surface area (Å²) in [6.45, 7) is 1.92. The predicted molar refractivity (Wildman–Crippen MR) is 103 cm³/mol. The van der Waals surface area contributed by atoms with Crippen molar-refractivity contribution in [2.24, 2.45) is 0 Å². The van der Waals surface area contributed by atoms with Gasteiger partial charge in [-0.25, -0.2) is 4.79 Å². The van der Waals surface area contributed by atoms with Gasteiger partial charge in [0.2, 0.25) is 6.29 Å². The van der Waals surface area contributed by atoms with Crippen LogP contribution in [0.15, 0.2) is 33.5 Å². The van der Waals surface area contributed by atoms with Crippen molar-refractivity contribution in [3.05, 3.63) is 34.7 Å². The molecular weight excluding hydrogens is 416 g/mol. The number of esters is 2. The molecule has 0 spiro atoms. The number of carbonyl (C=O) groups excluding carboxylic acids is 2. The van der Waals surface area contributed by atoms with Crippen LogP contribution in [0.5, 0.6) is 11.5 Å². The summed E-state index contributed by atoms with van der Waals surface area (Å²) in [6, 6.07) is 5.72. The lowest BCUT2D eigenvalue weighted by molar-refractivity contribution is -0.282. The maximum Gasteiger partial charge on any atom is 0.336 e. The van der Waals surface area contributed by atoms with Crippen molar-refractivity contribution in [2.45, 2.75) is 44.6 Å². The van der Waals surface area contributed by atoms with Gasteiger partial charge in [0.25, 0.3) is 0 Å². The van der Waals surface area contributed by atoms with Crippen LogP contribution in [0, 0.1) is 0 Å². The number of carbonyl (C=O) groups is 2. The van der Waals surface area contributed by atoms with E-state index in [0.717, 1.165) is 6.92 Å². The first-order chi connectivity index (χ1) is 14.7. The minimum absolute atomic E-state index is 0.0533. The smallest absolute Gasteiger partial charge is 0.336 e. The number of aliphatic hydroxyl groups excluding tert-OH is 2. The summed E-state index contributed by atoms with van der Waals surface area (Å²) in [4.78, 5) is 34.1. The summed E-state index contributed by atoms with van der Waals surface area (Å²) in [6.07, 6.45) is -7.12. The summed E-state index contributed by atoms with van der Waals surface area (Å²) < 4.78 is 31.6. The topological polar surface area (TPSA) is 151 Å². The number of aliphatic hydroxyl groups is 2. The number of hydrogen-bond donors (Lipinski definition) is 2. The van der Waals surface area contributed by atoms with Crippen molar-refractivity contribution < 1.29 is 47.9 Å². The van der Waals surface area contributed by atoms with Gasteiger partial charge < -0.3 is 38.3 Å². The molecule has 1 aliphatic heterocycles. The fourth-order valence-corrected chi connectivity index (χ4v) is 3.12. The second-order valence-electron chi connectivity index (χ2n) is 6.81. The molecular formula is C20H22O11. The van der Waals surface area contributed by atoms with E-state index in [0.29, 0.717) is 5.39 Å². The van der Waals surface area contributed by atoms with E-state index < -0.39 is 48.3 Å². The van der Waals surface area contributed by atoms with Crippen LogP contribution in [0.3, 0.4) is 0 Å². The van der Waals surface area contributed by atoms with Crippen LogP contribution in [0.2, 0.25) is 0 Å². The second-order valence-corrected chi connectivity index (χ2v) is 6.81. The Hall–Kier alpha value is -3.15. The highest BCUT2D eigenvalue weighted by molar-refractivity contribution is 5.80. The van der Waals surface area contributed by atoms with Gasteiger partial charge in [0.05, 0.1) is 7.11 Å². The quantitative estimate of drug-likeness (QED) is 0.467. The fourth-order valence-electron chi connectivity index (χ4n) is 3.12. The van der Waals surface area contributed by atoms with E-state index in [9.17, 15) is 24.6 Å². The molecule has 2 N–H and O–H groups in total. The van der Waals surface area contributed by atoms with Gasteiger partial charge in [-0.05, 0) is 12.1 Å². The third kappa shape index (κ3) is 5.13. The van der Waals surface area contributed by atoms with Crippen LogP contribution in [0.25, 0.3) is 11.0 Å². The maximum atomic E-state index is 11.5. The molecule has 0 aliphatic carbocycles. The number of benzene rings is 1. The Balaban J connectivity index is 1.92. The number of methoxy groups -OCH3 is 1. The SMILES string of the molecule is COc1cc2ccc(=O)oc2cc1O[C@@H]1O[C@H](COC(C)=O)[C@@H](O)[C@H](OC(C)=O)[C@H]1O. The zero-order valence-electron chi connectivity index (χ0n) is 17.0. The Morgan fingerprint density at radius 2 is 1.81 bits per heavy atom. The molecule has 1 aliphatic rings. The molecule has 1 fully saturated rings. The number of ether oxygens (including phenoxy) is 5. The van der Waals surface area contributed by atoms with E-state index >= 15 is 0 Å². The van der Waals surface area contributed by atoms with E-state index in [4.69, 9.17) is 28.1 Å². The molecule has 31 heavy (non-hydrogen) atoms. The highest BCUT2D eigenvalue weighted by Crippen LogP contribution is 2.35. The van der Waals surface area contributed by atoms with Gasteiger partial charge in [-0.3, -0.25) is 9.59 Å². The highest BCUT2D eigenvalue weighted by atomic mass is 16.7. The van der Waals surface area contributed by atoms with Crippen LogP contribution in [-0.2, 0) is 23.8 Å². The molecule has 0 radical (unpaired) electrons. The van der Waals surface area contributed by atoms with Gasteiger partial charge in [-0.15, -0.1) is 0 Å². The lowest BCUT2D eigenvalue weighted by Gasteiger charge is -2.41. The minimum atomic E-state index is -1.60. The van der Waals surface area contributed by atoms with Crippen molar-refractivity contribution in [2.75, 3.05) is 13.7 Å². The third-order valence-corrected chi connectivity index (χ3v) is 4.54. The molecule has 1 saturated heterocycles. The number of hydrogen-bond acceptors (Lipinski definition) is 11. The van der Waals surface area contributed by atoms with Crippen LogP contribution >= 0.6 is 0 Å². The van der Waals surface area contributed by atoms with Crippen molar-refractivity contribution in [1.29, 1.82) is 0 Å². The zero-order valence-corrected chi connectivity index (χ0v) is 17.0. The molecule has 0 unspecified atom stereocenters. The van der Waals surface area contributed by atoms with Crippen molar-refractivity contribution in [1.82, 2.24) is 0 Å². The molecule has 11 nitrogen and oxygen atoms in total. The third-order valence-electron chi connectivity index (χ3n) is 4.54. The highest BCUT2D eigenvalue weighted by Gasteiger charge is 2.48. The summed E-state index contributed by atoms with van der Waals surface area (Å²) in [5.74, 6) is -1.07. The molecule has 2 heterocycles. The monoisotopic (exact) mass is 438 g/mol. The van der Waals surface area contributed by atoms with Crippen LogP contribution in [0.1, 0.15) is 13.8 Å². The van der Waals surface area contributed by atoms with Gasteiger partial charge in [-0.1, -0.05) is 0 Å². The van der Waals surface area contributed by atoms with Gasteiger partial charge >= 0.3 is 17.6 Å². The zero-order chi connectivity index (χ0) is 22.7. The van der Waals surface area contributed by atoms with E-state index in [2.05, 4.69) is 0 Å². The van der Waals surface area contributed by atoms with E-state index in [-0.39, 0.29) is 23.7 Å². The Morgan fingerprint density at radius 3 is 2.45 bits per heavy atom. The van der Waals surface area contributed by atoms with E-state index in [1.54, 1.807) is 12.1 Å². The molecule has 0 saturated carbocycles. The van der Waals surface area contributed by atoms with E-state index in [1.165, 1.54) is 26.2 Å². The average molecular weight is 438 g/mol. The van der Waals surface area contributed by atoms with Gasteiger partial charge in [-0.2, -0.15) is 0 Å². The van der Waals surface area contributed by atoms with E-state index in [1.807, 2.05) is 0 Å². The first kappa shape index (κ1) is 22.5. The summed E-state index contributed by atoms with van der Waals surface area (Å²) in [5, 5.41) is 21.6. The summed E-state index contributed by atoms with van der Waals surface area (Å²) >= 11 is 0. The average Bonchev–Trinajstić information content (AvgIpc) is 2.71. The van der Waals surface area contributed by atoms with Gasteiger partial charge in [0, 0.05) is 31.4 Å².